The minimum absolute atomic E-state index is 0.0791. The van der Waals surface area contributed by atoms with E-state index in [9.17, 15) is 9.59 Å². The molecule has 1 aromatic rings. The van der Waals surface area contributed by atoms with Crippen LogP contribution in [-0.2, 0) is 19.0 Å². The maximum atomic E-state index is 12.9. The third-order valence-corrected chi connectivity index (χ3v) is 5.03. The summed E-state index contributed by atoms with van der Waals surface area (Å²) in [5.41, 5.74) is -0.0220. The van der Waals surface area contributed by atoms with Crippen LogP contribution < -0.4 is 0 Å². The largest absolute Gasteiger partial charge is 0.453 e. The van der Waals surface area contributed by atoms with Gasteiger partial charge in [0.05, 0.1) is 32.3 Å². The van der Waals surface area contributed by atoms with E-state index in [1.54, 1.807) is 4.90 Å². The molecule has 2 fully saturated rings. The molecule has 3 aliphatic rings. The number of fused-ring (bicyclic) bond motifs is 2. The van der Waals surface area contributed by atoms with Gasteiger partial charge in [0.25, 0.3) is 0 Å². The summed E-state index contributed by atoms with van der Waals surface area (Å²) in [6.45, 7) is 0.909. The molecule has 0 saturated carbocycles. The van der Waals surface area contributed by atoms with Gasteiger partial charge in [-0.15, -0.1) is 0 Å². The van der Waals surface area contributed by atoms with Crippen molar-refractivity contribution in [1.82, 2.24) is 4.90 Å². The lowest BCUT2D eigenvalue weighted by Gasteiger charge is -2.47. The number of piperidine rings is 1. The number of amides is 1. The predicted octanol–water partition coefficient (Wildman–Crippen LogP) is 1.86. The zero-order valence-corrected chi connectivity index (χ0v) is 13.4. The molecule has 3 heterocycles. The quantitative estimate of drug-likeness (QED) is 0.775. The third-order valence-electron chi connectivity index (χ3n) is 5.03. The minimum atomic E-state index is -0.920. The zero-order chi connectivity index (χ0) is 16.7. The topological polar surface area (TPSA) is 65.1 Å². The molecule has 1 aromatic carbocycles. The molecule has 126 valence electrons. The molecule has 0 spiro atoms. The molecule has 0 aliphatic carbocycles. The predicted molar refractivity (Wildman–Crippen MR) is 84.4 cm³/mol. The number of ether oxygens (including phenoxy) is 3. The van der Waals surface area contributed by atoms with Gasteiger partial charge in [-0.3, -0.25) is 9.69 Å². The lowest BCUT2D eigenvalue weighted by molar-refractivity contribution is -0.153. The summed E-state index contributed by atoms with van der Waals surface area (Å²) in [5, 5.41) is 0. The highest BCUT2D eigenvalue weighted by Crippen LogP contribution is 2.47. The van der Waals surface area contributed by atoms with Crippen molar-refractivity contribution in [1.29, 1.82) is 0 Å². The van der Waals surface area contributed by atoms with Crippen LogP contribution in [0.5, 0.6) is 0 Å². The zero-order valence-electron chi connectivity index (χ0n) is 13.4. The molecule has 1 amide bonds. The highest BCUT2D eigenvalue weighted by Gasteiger charge is 2.60. The number of carbonyl (C=O) groups excluding carboxylic acids is 2. The highest BCUT2D eigenvalue weighted by molar-refractivity contribution is 5.92. The van der Waals surface area contributed by atoms with Crippen LogP contribution in [0, 0.1) is 0 Å². The van der Waals surface area contributed by atoms with E-state index in [1.807, 2.05) is 42.5 Å². The molecule has 24 heavy (non-hydrogen) atoms. The number of hydrogen-bond acceptors (Lipinski definition) is 5. The van der Waals surface area contributed by atoms with Gasteiger partial charge in [-0.2, -0.15) is 0 Å². The van der Waals surface area contributed by atoms with Crippen molar-refractivity contribution < 1.29 is 23.8 Å². The Hall–Kier alpha value is -2.18. The molecule has 6 nitrogen and oxygen atoms in total. The van der Waals surface area contributed by atoms with Crippen molar-refractivity contribution in [2.24, 2.45) is 0 Å². The van der Waals surface area contributed by atoms with E-state index in [0.717, 1.165) is 5.56 Å². The molecule has 0 N–H and O–H groups in total. The van der Waals surface area contributed by atoms with Crippen LogP contribution in [-0.4, -0.2) is 55.0 Å². The van der Waals surface area contributed by atoms with E-state index in [2.05, 4.69) is 0 Å². The molecule has 0 unspecified atom stereocenters. The van der Waals surface area contributed by atoms with E-state index in [1.165, 1.54) is 7.11 Å². The monoisotopic (exact) mass is 329 g/mol. The van der Waals surface area contributed by atoms with Gasteiger partial charge in [0, 0.05) is 6.42 Å². The summed E-state index contributed by atoms with van der Waals surface area (Å²) in [5.74, 6) is -0.325. The second kappa shape index (κ2) is 5.72. The maximum Gasteiger partial charge on any atom is 0.410 e. The molecule has 0 aromatic heterocycles. The average Bonchev–Trinajstić information content (AvgIpc) is 3.22. The van der Waals surface area contributed by atoms with E-state index in [-0.39, 0.29) is 12.2 Å². The summed E-state index contributed by atoms with van der Waals surface area (Å²) in [7, 11) is 1.35. The van der Waals surface area contributed by atoms with Crippen LogP contribution in [0.25, 0.3) is 0 Å². The average molecular weight is 329 g/mol. The SMILES string of the molecule is COC(=O)N1[C@@H]2C=C[C@@]1(C1OCCO1)CC(=O)[C@H]2c1ccccc1. The van der Waals surface area contributed by atoms with Crippen LogP contribution in [0.3, 0.4) is 0 Å². The van der Waals surface area contributed by atoms with Gasteiger partial charge in [0.15, 0.2) is 6.29 Å². The van der Waals surface area contributed by atoms with Gasteiger partial charge in [0.1, 0.15) is 11.3 Å². The first kappa shape index (κ1) is 15.4. The van der Waals surface area contributed by atoms with Gasteiger partial charge in [0.2, 0.25) is 0 Å². The molecule has 0 radical (unpaired) electrons. The Morgan fingerprint density at radius 1 is 1.25 bits per heavy atom. The van der Waals surface area contributed by atoms with Crippen LogP contribution in [0.2, 0.25) is 0 Å². The number of hydrogen-bond donors (Lipinski definition) is 0. The fourth-order valence-corrected chi connectivity index (χ4v) is 4.05. The second-order valence-corrected chi connectivity index (χ2v) is 6.29. The molecule has 2 saturated heterocycles. The summed E-state index contributed by atoms with van der Waals surface area (Å²) in [4.78, 5) is 27.1. The Balaban J connectivity index is 1.77. The van der Waals surface area contributed by atoms with Gasteiger partial charge >= 0.3 is 6.09 Å². The van der Waals surface area contributed by atoms with Gasteiger partial charge < -0.3 is 14.2 Å². The number of rotatable bonds is 2. The fraction of sp³-hybridized carbons (Fsp3) is 0.444. The van der Waals surface area contributed by atoms with Crippen molar-refractivity contribution in [2.45, 2.75) is 30.2 Å². The van der Waals surface area contributed by atoms with Gasteiger partial charge in [-0.05, 0) is 5.56 Å². The first-order chi connectivity index (χ1) is 11.7. The van der Waals surface area contributed by atoms with E-state index < -0.39 is 29.9 Å². The highest BCUT2D eigenvalue weighted by atomic mass is 16.7. The maximum absolute atomic E-state index is 12.9. The Bertz CT molecular complexity index is 682. The smallest absolute Gasteiger partial charge is 0.410 e. The van der Waals surface area contributed by atoms with Gasteiger partial charge in [-0.1, -0.05) is 42.5 Å². The molecule has 4 rings (SSSR count). The summed E-state index contributed by atoms with van der Waals surface area (Å²) in [6, 6.07) is 9.14. The van der Waals surface area contributed by atoms with Crippen molar-refractivity contribution >= 4 is 11.9 Å². The van der Waals surface area contributed by atoms with E-state index in [4.69, 9.17) is 14.2 Å². The number of carbonyl (C=O) groups is 2. The van der Waals surface area contributed by atoms with Crippen molar-refractivity contribution in [3.05, 3.63) is 48.0 Å². The summed E-state index contributed by atoms with van der Waals surface area (Å²) >= 11 is 0. The fourth-order valence-electron chi connectivity index (χ4n) is 4.05. The molecule has 3 atom stereocenters. The number of ketones is 1. The van der Waals surface area contributed by atoms with E-state index >= 15 is 0 Å². The Morgan fingerprint density at radius 3 is 2.62 bits per heavy atom. The normalized spacial score (nSPS) is 32.4. The lowest BCUT2D eigenvalue weighted by atomic mass is 9.78. The molecule has 3 aliphatic heterocycles. The second-order valence-electron chi connectivity index (χ2n) is 6.29. The van der Waals surface area contributed by atoms with E-state index in [0.29, 0.717) is 13.2 Å². The van der Waals surface area contributed by atoms with Crippen molar-refractivity contribution in [2.75, 3.05) is 20.3 Å². The van der Waals surface area contributed by atoms with Crippen LogP contribution >= 0.6 is 0 Å². The third kappa shape index (κ3) is 2.10. The number of nitrogens with zero attached hydrogens (tertiary/aromatic N) is 1. The summed E-state index contributed by atoms with van der Waals surface area (Å²) < 4.78 is 16.3. The first-order valence-electron chi connectivity index (χ1n) is 8.05. The van der Waals surface area contributed by atoms with Crippen molar-refractivity contribution in [3.8, 4) is 0 Å². The molecular weight excluding hydrogens is 310 g/mol. The van der Waals surface area contributed by atoms with Crippen LogP contribution in [0.1, 0.15) is 17.9 Å². The Labute approximate surface area is 140 Å². The number of benzene rings is 1. The van der Waals surface area contributed by atoms with Crippen LogP contribution in [0.15, 0.2) is 42.5 Å². The standard InChI is InChI=1S/C18H19NO5/c1-22-17(21)19-13-7-8-18(19,16-23-9-10-24-16)11-14(20)15(13)12-5-3-2-4-6-12/h2-8,13,15-16H,9-11H2,1H3/t13-,15+,18+/m1/s1. The molecular formula is C18H19NO5. The van der Waals surface area contributed by atoms with Crippen LogP contribution in [0.4, 0.5) is 4.79 Å². The minimum Gasteiger partial charge on any atom is -0.453 e. The van der Waals surface area contributed by atoms with Gasteiger partial charge in [-0.25, -0.2) is 4.79 Å². The molecule has 2 bridgehead atoms. The Kier molecular flexibility index (Phi) is 3.66. The molecule has 6 heteroatoms. The summed E-state index contributed by atoms with van der Waals surface area (Å²) in [6.07, 6.45) is 2.82. The first-order valence-corrected chi connectivity index (χ1v) is 8.05. The number of Topliss-reactive ketones (excluding diaryl/α,β-unsaturated/α-hetero) is 1. The lowest BCUT2D eigenvalue weighted by Crippen LogP contribution is -2.64. The number of methoxy groups -OCH3 is 1. The Morgan fingerprint density at radius 2 is 1.96 bits per heavy atom. The van der Waals surface area contributed by atoms with Crippen molar-refractivity contribution in [3.63, 3.8) is 0 Å².